The number of alkyl halides is 4. The molecule has 15 heteroatoms. The van der Waals surface area contributed by atoms with Crippen molar-refractivity contribution in [1.82, 2.24) is 30.2 Å². The van der Waals surface area contributed by atoms with Crippen LogP contribution in [-0.2, 0) is 6.18 Å². The Morgan fingerprint density at radius 2 is 1.84 bits per heavy atom. The van der Waals surface area contributed by atoms with E-state index in [2.05, 4.69) is 25.3 Å². The van der Waals surface area contributed by atoms with Crippen LogP contribution >= 0.6 is 0 Å². The summed E-state index contributed by atoms with van der Waals surface area (Å²) in [6.45, 7) is 3.15. The van der Waals surface area contributed by atoms with E-state index in [-0.39, 0.29) is 42.3 Å². The van der Waals surface area contributed by atoms with Gasteiger partial charge in [-0.25, -0.2) is 23.1 Å². The van der Waals surface area contributed by atoms with E-state index < -0.39 is 63.5 Å². The molecule has 0 radical (unpaired) electrons. The van der Waals surface area contributed by atoms with Crippen LogP contribution < -0.4 is 20.7 Å². The molecule has 4 atom stereocenters. The van der Waals surface area contributed by atoms with Gasteiger partial charge in [-0.3, -0.25) is 4.90 Å². The quantitative estimate of drug-likeness (QED) is 0.413. The number of fused-ring (bicyclic) bond motifs is 4. The number of benzene rings is 1. The van der Waals surface area contributed by atoms with Crippen molar-refractivity contribution in [2.24, 2.45) is 0 Å². The standard InChI is InChI=1S/C28H30F6N8O/c1-13-20(28(32,33)34)23(38-25(35)36-13)19-18(30)7-17-22(21(19)31)39-26(40-24(17)41-10-15-3-4-16(11-41)37-15)43-12-27-5-2-6-42(27)9-14(29)8-27/h7,14-16,37H,2-6,8-12H2,1H3,(H2,35,36,38)/t14-,15?,16?,27+/m1/s1. The van der Waals surface area contributed by atoms with Crippen molar-refractivity contribution >= 4 is 22.7 Å². The van der Waals surface area contributed by atoms with Gasteiger partial charge >= 0.3 is 12.2 Å². The molecule has 4 aliphatic heterocycles. The van der Waals surface area contributed by atoms with Crippen molar-refractivity contribution in [2.45, 2.75) is 69.0 Å². The van der Waals surface area contributed by atoms with Crippen LogP contribution in [0.4, 0.5) is 38.1 Å². The summed E-state index contributed by atoms with van der Waals surface area (Å²) in [4.78, 5) is 20.0. The summed E-state index contributed by atoms with van der Waals surface area (Å²) in [5, 5.41) is 3.48. The summed E-state index contributed by atoms with van der Waals surface area (Å²) < 4.78 is 94.8. The summed E-state index contributed by atoms with van der Waals surface area (Å²) in [6, 6.07) is 1.01. The fourth-order valence-corrected chi connectivity index (χ4v) is 7.41. The third-order valence-electron chi connectivity index (χ3n) is 9.22. The van der Waals surface area contributed by atoms with Crippen molar-refractivity contribution in [3.8, 4) is 17.3 Å². The Bertz CT molecular complexity index is 1590. The van der Waals surface area contributed by atoms with Gasteiger partial charge in [-0.05, 0) is 45.2 Å². The van der Waals surface area contributed by atoms with Gasteiger partial charge < -0.3 is 20.7 Å². The Morgan fingerprint density at radius 3 is 2.56 bits per heavy atom. The fourth-order valence-electron chi connectivity index (χ4n) is 7.41. The van der Waals surface area contributed by atoms with E-state index in [1.165, 1.54) is 0 Å². The molecule has 2 bridgehead atoms. The lowest BCUT2D eigenvalue weighted by Gasteiger charge is -2.34. The van der Waals surface area contributed by atoms with Crippen LogP contribution in [0.3, 0.4) is 0 Å². The highest BCUT2D eigenvalue weighted by molar-refractivity contribution is 5.94. The number of piperazine rings is 1. The Kier molecular flexibility index (Phi) is 6.61. The maximum Gasteiger partial charge on any atom is 0.420 e. The third-order valence-corrected chi connectivity index (χ3v) is 9.22. The molecule has 4 saturated heterocycles. The van der Waals surface area contributed by atoms with Gasteiger partial charge in [0.1, 0.15) is 35.5 Å². The minimum absolute atomic E-state index is 0.00921. The van der Waals surface area contributed by atoms with Gasteiger partial charge in [0.15, 0.2) is 5.82 Å². The molecule has 6 heterocycles. The number of hydrogen-bond acceptors (Lipinski definition) is 9. The average molecular weight is 609 g/mol. The summed E-state index contributed by atoms with van der Waals surface area (Å²) in [7, 11) is 0. The van der Waals surface area contributed by atoms with Crippen molar-refractivity contribution in [1.29, 1.82) is 0 Å². The van der Waals surface area contributed by atoms with Gasteiger partial charge in [-0.1, -0.05) is 0 Å². The Morgan fingerprint density at radius 1 is 1.09 bits per heavy atom. The van der Waals surface area contributed by atoms with Crippen LogP contribution in [0.25, 0.3) is 22.2 Å². The molecule has 0 saturated carbocycles. The maximum atomic E-state index is 16.4. The van der Waals surface area contributed by atoms with E-state index in [0.717, 1.165) is 38.8 Å². The van der Waals surface area contributed by atoms with E-state index in [1.54, 1.807) is 0 Å². The van der Waals surface area contributed by atoms with Crippen molar-refractivity contribution < 1.29 is 31.1 Å². The van der Waals surface area contributed by atoms with E-state index >= 15 is 8.78 Å². The predicted octanol–water partition coefficient (Wildman–Crippen LogP) is 4.17. The molecule has 2 unspecified atom stereocenters. The number of nitrogens with one attached hydrogen (secondary N) is 1. The van der Waals surface area contributed by atoms with Crippen LogP contribution in [0.15, 0.2) is 6.07 Å². The number of anilines is 2. The Balaban J connectivity index is 1.38. The minimum atomic E-state index is -5.02. The number of nitrogens with zero attached hydrogens (tertiary/aromatic N) is 6. The SMILES string of the molecule is Cc1nc(N)nc(-c2c(F)cc3c(N4CC5CCC(C4)N5)nc(OC[C@@]45CCCN4C[C@H](F)C5)nc3c2F)c1C(F)(F)F. The molecule has 4 fully saturated rings. The second-order valence-electron chi connectivity index (χ2n) is 12.1. The molecule has 0 spiro atoms. The largest absolute Gasteiger partial charge is 0.461 e. The van der Waals surface area contributed by atoms with Gasteiger partial charge in [0.2, 0.25) is 5.95 Å². The van der Waals surface area contributed by atoms with Crippen molar-refractivity contribution in [3.05, 3.63) is 29.0 Å². The highest BCUT2D eigenvalue weighted by Gasteiger charge is 2.49. The zero-order valence-electron chi connectivity index (χ0n) is 23.3. The number of nitrogens with two attached hydrogens (primary N) is 1. The lowest BCUT2D eigenvalue weighted by molar-refractivity contribution is -0.138. The van der Waals surface area contributed by atoms with Crippen LogP contribution in [0, 0.1) is 18.6 Å². The first-order valence-electron chi connectivity index (χ1n) is 14.4. The highest BCUT2D eigenvalue weighted by atomic mass is 19.4. The number of rotatable bonds is 5. The molecule has 3 N–H and O–H groups in total. The first-order chi connectivity index (χ1) is 20.4. The van der Waals surface area contributed by atoms with E-state index in [9.17, 15) is 17.6 Å². The van der Waals surface area contributed by atoms with E-state index in [0.29, 0.717) is 26.1 Å². The maximum absolute atomic E-state index is 16.4. The Labute approximate surface area is 242 Å². The summed E-state index contributed by atoms with van der Waals surface area (Å²) >= 11 is 0. The number of aromatic nitrogens is 4. The summed E-state index contributed by atoms with van der Waals surface area (Å²) in [5.41, 5.74) is 0.660. The second-order valence-corrected chi connectivity index (χ2v) is 12.1. The number of ether oxygens (including phenoxy) is 1. The minimum Gasteiger partial charge on any atom is -0.461 e. The molecule has 7 rings (SSSR count). The highest BCUT2D eigenvalue weighted by Crippen LogP contribution is 2.43. The summed E-state index contributed by atoms with van der Waals surface area (Å²) in [5.74, 6) is -2.97. The second kappa shape index (κ2) is 10.0. The molecule has 9 nitrogen and oxygen atoms in total. The number of hydrogen-bond donors (Lipinski definition) is 2. The first kappa shape index (κ1) is 28.3. The van der Waals surface area contributed by atoms with Gasteiger partial charge in [0, 0.05) is 43.5 Å². The fraction of sp³-hybridized carbons (Fsp3) is 0.571. The van der Waals surface area contributed by atoms with Crippen LogP contribution in [0.5, 0.6) is 6.01 Å². The molecule has 230 valence electrons. The first-order valence-corrected chi connectivity index (χ1v) is 14.4. The van der Waals surface area contributed by atoms with Crippen LogP contribution in [0.1, 0.15) is 43.4 Å². The molecule has 1 aromatic carbocycles. The zero-order valence-corrected chi connectivity index (χ0v) is 23.3. The van der Waals surface area contributed by atoms with Gasteiger partial charge in [0.05, 0.1) is 22.5 Å². The molecule has 43 heavy (non-hydrogen) atoms. The normalized spacial score (nSPS) is 27.3. The van der Waals surface area contributed by atoms with E-state index in [1.807, 2.05) is 9.80 Å². The number of nitrogen functional groups attached to an aromatic ring is 1. The van der Waals surface area contributed by atoms with Crippen molar-refractivity contribution in [2.75, 3.05) is 43.4 Å². The lowest BCUT2D eigenvalue weighted by atomic mass is 9.95. The Hall–Kier alpha value is -3.46. The van der Waals surface area contributed by atoms with Crippen LogP contribution in [-0.4, -0.2) is 81.4 Å². The van der Waals surface area contributed by atoms with Gasteiger partial charge in [0.25, 0.3) is 0 Å². The molecule has 2 aromatic heterocycles. The smallest absolute Gasteiger partial charge is 0.420 e. The predicted molar refractivity (Wildman–Crippen MR) is 145 cm³/mol. The lowest BCUT2D eigenvalue weighted by Crippen LogP contribution is -2.51. The molecular weight excluding hydrogens is 578 g/mol. The number of halogens is 6. The molecule has 0 aliphatic carbocycles. The number of aryl methyl sites for hydroxylation is 1. The monoisotopic (exact) mass is 608 g/mol. The summed E-state index contributed by atoms with van der Waals surface area (Å²) in [6.07, 6.45) is -2.28. The van der Waals surface area contributed by atoms with Gasteiger partial charge in [-0.2, -0.15) is 23.1 Å². The molecular formula is C28H30F6N8O. The molecule has 0 amide bonds. The van der Waals surface area contributed by atoms with Crippen LogP contribution in [0.2, 0.25) is 0 Å². The van der Waals surface area contributed by atoms with Crippen molar-refractivity contribution in [3.63, 3.8) is 0 Å². The molecule has 4 aliphatic rings. The third kappa shape index (κ3) is 4.80. The zero-order chi connectivity index (χ0) is 30.3. The topological polar surface area (TPSA) is 105 Å². The van der Waals surface area contributed by atoms with Gasteiger partial charge in [-0.15, -0.1) is 0 Å². The molecule has 3 aromatic rings. The average Bonchev–Trinajstić information content (AvgIpc) is 3.56. The van der Waals surface area contributed by atoms with E-state index in [4.69, 9.17) is 10.5 Å².